The Bertz CT molecular complexity index is 637. The van der Waals surface area contributed by atoms with Crippen molar-refractivity contribution in [2.24, 2.45) is 0 Å². The van der Waals surface area contributed by atoms with Crippen LogP contribution in [0.25, 0.3) is 0 Å². The zero-order chi connectivity index (χ0) is 14.1. The molecule has 104 valence electrons. The third-order valence-corrected chi connectivity index (χ3v) is 3.63. The molecule has 0 amide bonds. The normalized spacial score (nSPS) is 16.6. The molecule has 0 aliphatic carbocycles. The summed E-state index contributed by atoms with van der Waals surface area (Å²) in [7, 11) is 0. The summed E-state index contributed by atoms with van der Waals surface area (Å²) in [5.74, 6) is 1.82. The van der Waals surface area contributed by atoms with Crippen LogP contribution in [0.15, 0.2) is 36.4 Å². The molecular weight excluding hydrogens is 250 g/mol. The second-order valence-electron chi connectivity index (χ2n) is 5.38. The molecule has 1 aliphatic rings. The molecule has 1 heterocycles. The van der Waals surface area contributed by atoms with Gasteiger partial charge in [0.15, 0.2) is 0 Å². The Kier molecular flexibility index (Phi) is 3.26. The summed E-state index contributed by atoms with van der Waals surface area (Å²) in [5.41, 5.74) is 10.2. The SMILES string of the molecule is Cc1ccc2c(c1)CC(COc1ccc(N)c(C)c1)O2. The Labute approximate surface area is 119 Å². The van der Waals surface area contributed by atoms with Crippen LogP contribution < -0.4 is 15.2 Å². The predicted molar refractivity (Wildman–Crippen MR) is 80.4 cm³/mol. The Morgan fingerprint density at radius 1 is 1.20 bits per heavy atom. The minimum Gasteiger partial charge on any atom is -0.490 e. The quantitative estimate of drug-likeness (QED) is 0.870. The van der Waals surface area contributed by atoms with E-state index >= 15 is 0 Å². The molecule has 0 radical (unpaired) electrons. The van der Waals surface area contributed by atoms with Crippen LogP contribution in [0.1, 0.15) is 16.7 Å². The standard InChI is InChI=1S/C17H19NO2/c1-11-3-6-17-13(7-11)9-15(20-17)10-19-14-4-5-16(18)12(2)8-14/h3-8,15H,9-10,18H2,1-2H3. The van der Waals surface area contributed by atoms with Crippen LogP contribution in [0.4, 0.5) is 5.69 Å². The van der Waals surface area contributed by atoms with Crippen LogP contribution in [-0.4, -0.2) is 12.7 Å². The van der Waals surface area contributed by atoms with Crippen LogP contribution in [0.3, 0.4) is 0 Å². The maximum absolute atomic E-state index is 5.89. The lowest BCUT2D eigenvalue weighted by Crippen LogP contribution is -2.22. The van der Waals surface area contributed by atoms with Crippen molar-refractivity contribution in [1.82, 2.24) is 0 Å². The first-order chi connectivity index (χ1) is 9.61. The molecule has 0 spiro atoms. The van der Waals surface area contributed by atoms with Crippen molar-refractivity contribution in [1.29, 1.82) is 0 Å². The van der Waals surface area contributed by atoms with Crippen molar-refractivity contribution in [3.63, 3.8) is 0 Å². The van der Waals surface area contributed by atoms with Gasteiger partial charge in [-0.1, -0.05) is 17.7 Å². The molecule has 20 heavy (non-hydrogen) atoms. The Morgan fingerprint density at radius 3 is 2.85 bits per heavy atom. The lowest BCUT2D eigenvalue weighted by Gasteiger charge is -2.13. The van der Waals surface area contributed by atoms with Crippen LogP contribution in [0.2, 0.25) is 0 Å². The van der Waals surface area contributed by atoms with Crippen LogP contribution in [0.5, 0.6) is 11.5 Å². The third-order valence-electron chi connectivity index (χ3n) is 3.63. The molecule has 0 bridgehead atoms. The zero-order valence-corrected chi connectivity index (χ0v) is 11.8. The molecule has 0 saturated heterocycles. The monoisotopic (exact) mass is 269 g/mol. The molecule has 1 atom stereocenters. The van der Waals surface area contributed by atoms with Crippen LogP contribution in [-0.2, 0) is 6.42 Å². The Balaban J connectivity index is 1.62. The largest absolute Gasteiger partial charge is 0.490 e. The molecule has 0 fully saturated rings. The van der Waals surface area contributed by atoms with Crippen molar-refractivity contribution >= 4 is 5.69 Å². The maximum atomic E-state index is 5.89. The summed E-state index contributed by atoms with van der Waals surface area (Å²) >= 11 is 0. The molecule has 3 rings (SSSR count). The summed E-state index contributed by atoms with van der Waals surface area (Å²) in [5, 5.41) is 0. The van der Waals surface area contributed by atoms with Gasteiger partial charge in [0.1, 0.15) is 24.2 Å². The number of aryl methyl sites for hydroxylation is 2. The average molecular weight is 269 g/mol. The lowest BCUT2D eigenvalue weighted by molar-refractivity contribution is 0.148. The summed E-state index contributed by atoms with van der Waals surface area (Å²) in [6, 6.07) is 12.0. The Hall–Kier alpha value is -2.16. The van der Waals surface area contributed by atoms with Gasteiger partial charge in [-0.25, -0.2) is 0 Å². The van der Waals surface area contributed by atoms with E-state index in [0.717, 1.165) is 29.2 Å². The van der Waals surface area contributed by atoms with Gasteiger partial charge in [0.25, 0.3) is 0 Å². The molecule has 3 nitrogen and oxygen atoms in total. The van der Waals surface area contributed by atoms with Gasteiger partial charge in [-0.2, -0.15) is 0 Å². The number of fused-ring (bicyclic) bond motifs is 1. The molecular formula is C17H19NO2. The van der Waals surface area contributed by atoms with Gasteiger partial charge in [0.2, 0.25) is 0 Å². The maximum Gasteiger partial charge on any atom is 0.137 e. The highest BCUT2D eigenvalue weighted by Crippen LogP contribution is 2.30. The number of rotatable bonds is 3. The minimum atomic E-state index is 0.0876. The highest BCUT2D eigenvalue weighted by Gasteiger charge is 2.23. The highest BCUT2D eigenvalue weighted by atomic mass is 16.5. The zero-order valence-electron chi connectivity index (χ0n) is 11.8. The number of anilines is 1. The predicted octanol–water partition coefficient (Wildman–Crippen LogP) is 3.27. The van der Waals surface area contributed by atoms with Crippen molar-refractivity contribution in [3.05, 3.63) is 53.1 Å². The fourth-order valence-electron chi connectivity index (χ4n) is 2.47. The van der Waals surface area contributed by atoms with Gasteiger partial charge in [-0.15, -0.1) is 0 Å². The van der Waals surface area contributed by atoms with Gasteiger partial charge in [0, 0.05) is 12.1 Å². The smallest absolute Gasteiger partial charge is 0.137 e. The third kappa shape index (κ3) is 2.57. The van der Waals surface area contributed by atoms with Gasteiger partial charge in [-0.05, 0) is 49.2 Å². The highest BCUT2D eigenvalue weighted by molar-refractivity contribution is 5.49. The van der Waals surface area contributed by atoms with Gasteiger partial charge >= 0.3 is 0 Å². The van der Waals surface area contributed by atoms with Crippen LogP contribution in [0, 0.1) is 13.8 Å². The summed E-state index contributed by atoms with van der Waals surface area (Å²) < 4.78 is 11.7. The summed E-state index contributed by atoms with van der Waals surface area (Å²) in [4.78, 5) is 0. The minimum absolute atomic E-state index is 0.0876. The lowest BCUT2D eigenvalue weighted by atomic mass is 10.1. The first kappa shape index (κ1) is 12.9. The van der Waals surface area contributed by atoms with Gasteiger partial charge < -0.3 is 15.2 Å². The number of nitrogens with two attached hydrogens (primary N) is 1. The summed E-state index contributed by atoms with van der Waals surface area (Å²) in [6.45, 7) is 4.63. The molecule has 0 aromatic heterocycles. The number of ether oxygens (including phenoxy) is 2. The van der Waals surface area contributed by atoms with E-state index in [0.29, 0.717) is 6.61 Å². The fourth-order valence-corrected chi connectivity index (χ4v) is 2.47. The topological polar surface area (TPSA) is 44.5 Å². The number of benzene rings is 2. The molecule has 1 aliphatic heterocycles. The molecule has 3 heteroatoms. The number of hydrogen-bond acceptors (Lipinski definition) is 3. The summed E-state index contributed by atoms with van der Waals surface area (Å²) in [6.07, 6.45) is 0.995. The van der Waals surface area contributed by atoms with E-state index in [-0.39, 0.29) is 6.10 Å². The van der Waals surface area contributed by atoms with Crippen molar-refractivity contribution in [3.8, 4) is 11.5 Å². The molecule has 2 N–H and O–H groups in total. The number of nitrogen functional groups attached to an aromatic ring is 1. The van der Waals surface area contributed by atoms with E-state index in [9.17, 15) is 0 Å². The first-order valence-electron chi connectivity index (χ1n) is 6.87. The molecule has 0 saturated carbocycles. The van der Waals surface area contributed by atoms with E-state index in [2.05, 4.69) is 19.1 Å². The van der Waals surface area contributed by atoms with E-state index in [1.54, 1.807) is 0 Å². The molecule has 2 aromatic rings. The Morgan fingerprint density at radius 2 is 2.05 bits per heavy atom. The van der Waals surface area contributed by atoms with E-state index in [1.807, 2.05) is 31.2 Å². The van der Waals surface area contributed by atoms with Crippen molar-refractivity contribution in [2.75, 3.05) is 12.3 Å². The molecule has 1 unspecified atom stereocenters. The fraction of sp³-hybridized carbons (Fsp3) is 0.294. The second kappa shape index (κ2) is 5.08. The van der Waals surface area contributed by atoms with E-state index in [4.69, 9.17) is 15.2 Å². The van der Waals surface area contributed by atoms with E-state index in [1.165, 1.54) is 11.1 Å². The number of hydrogen-bond donors (Lipinski definition) is 1. The van der Waals surface area contributed by atoms with Gasteiger partial charge in [0.05, 0.1) is 0 Å². The average Bonchev–Trinajstić information content (AvgIpc) is 2.82. The second-order valence-corrected chi connectivity index (χ2v) is 5.38. The first-order valence-corrected chi connectivity index (χ1v) is 6.87. The van der Waals surface area contributed by atoms with Crippen molar-refractivity contribution < 1.29 is 9.47 Å². The van der Waals surface area contributed by atoms with Crippen molar-refractivity contribution in [2.45, 2.75) is 26.4 Å². The molecule has 2 aromatic carbocycles. The van der Waals surface area contributed by atoms with Crippen LogP contribution >= 0.6 is 0 Å². The van der Waals surface area contributed by atoms with Gasteiger partial charge in [-0.3, -0.25) is 0 Å². The van der Waals surface area contributed by atoms with E-state index < -0.39 is 0 Å².